The van der Waals surface area contributed by atoms with Gasteiger partial charge in [-0.15, -0.1) is 0 Å². The standard InChI is InChI=1S/C21H15N3.BH3O2/c1-4-10-16(11-5-1)19-22-20(17-12-6-2-7-13-17)24-21(23-19)18-14-8-3-9-15-18;2-1-3/h1-15H;1-3H. The lowest BCUT2D eigenvalue weighted by atomic mass is 10.1. The Labute approximate surface area is 158 Å². The third-order valence-corrected chi connectivity index (χ3v) is 3.73. The van der Waals surface area contributed by atoms with Crippen LogP contribution in [0.5, 0.6) is 0 Å². The normalized spacial score (nSPS) is 9.85. The average Bonchev–Trinajstić information content (AvgIpc) is 2.76. The number of hydrogen-bond acceptors (Lipinski definition) is 5. The molecule has 0 saturated carbocycles. The van der Waals surface area contributed by atoms with Crippen LogP contribution < -0.4 is 0 Å². The fourth-order valence-corrected chi connectivity index (χ4v) is 2.52. The Kier molecular flexibility index (Phi) is 6.41. The molecule has 0 aliphatic carbocycles. The van der Waals surface area contributed by atoms with Crippen LogP contribution in [0.4, 0.5) is 0 Å². The van der Waals surface area contributed by atoms with Gasteiger partial charge in [0.25, 0.3) is 0 Å². The quantitative estimate of drug-likeness (QED) is 0.552. The molecule has 0 radical (unpaired) electrons. The summed E-state index contributed by atoms with van der Waals surface area (Å²) < 4.78 is 0. The molecular formula is C21H18BN3O2. The smallest absolute Gasteiger partial charge is 0.430 e. The Hall–Kier alpha value is -3.35. The van der Waals surface area contributed by atoms with Gasteiger partial charge in [-0.3, -0.25) is 0 Å². The molecule has 6 heteroatoms. The summed E-state index contributed by atoms with van der Waals surface area (Å²) in [5, 5.41) is 14.2. The zero-order chi connectivity index (χ0) is 18.9. The first kappa shape index (κ1) is 18.4. The van der Waals surface area contributed by atoms with Crippen LogP contribution in [0.1, 0.15) is 0 Å². The van der Waals surface area contributed by atoms with Crippen LogP contribution >= 0.6 is 0 Å². The Balaban J connectivity index is 0.000000659. The van der Waals surface area contributed by atoms with Crippen LogP contribution in [0.3, 0.4) is 0 Å². The first-order chi connectivity index (χ1) is 13.3. The molecule has 0 aliphatic heterocycles. The molecule has 1 aromatic heterocycles. The molecule has 2 N–H and O–H groups in total. The van der Waals surface area contributed by atoms with Gasteiger partial charge in [0.15, 0.2) is 17.5 Å². The number of aromatic nitrogens is 3. The summed E-state index contributed by atoms with van der Waals surface area (Å²) in [5.41, 5.74) is 2.94. The first-order valence-electron chi connectivity index (χ1n) is 8.46. The fourth-order valence-electron chi connectivity index (χ4n) is 2.52. The van der Waals surface area contributed by atoms with Gasteiger partial charge in [-0.2, -0.15) is 0 Å². The van der Waals surface area contributed by atoms with Crippen LogP contribution in [-0.2, 0) is 0 Å². The number of nitrogens with zero attached hydrogens (tertiary/aromatic N) is 3. The maximum Gasteiger partial charge on any atom is 0.432 e. The minimum Gasteiger partial charge on any atom is -0.430 e. The van der Waals surface area contributed by atoms with Crippen LogP contribution in [0, 0.1) is 0 Å². The van der Waals surface area contributed by atoms with Crippen molar-refractivity contribution in [3.05, 3.63) is 91.0 Å². The van der Waals surface area contributed by atoms with Crippen LogP contribution in [0.2, 0.25) is 0 Å². The Morgan fingerprint density at radius 3 is 0.889 bits per heavy atom. The molecule has 3 aromatic carbocycles. The minimum absolute atomic E-state index is 0.684. The van der Waals surface area contributed by atoms with Crippen molar-refractivity contribution < 1.29 is 10.0 Å². The molecule has 0 atom stereocenters. The van der Waals surface area contributed by atoms with Gasteiger partial charge in [-0.05, 0) is 0 Å². The second-order valence-corrected chi connectivity index (χ2v) is 5.55. The van der Waals surface area contributed by atoms with E-state index in [1.807, 2.05) is 91.0 Å². The summed E-state index contributed by atoms with van der Waals surface area (Å²) in [6.45, 7) is 0. The van der Waals surface area contributed by atoms with Crippen LogP contribution in [0.25, 0.3) is 34.2 Å². The van der Waals surface area contributed by atoms with E-state index in [0.29, 0.717) is 17.5 Å². The molecule has 27 heavy (non-hydrogen) atoms. The van der Waals surface area contributed by atoms with E-state index in [4.69, 9.17) is 10.0 Å². The molecule has 5 nitrogen and oxygen atoms in total. The van der Waals surface area contributed by atoms with Gasteiger partial charge in [-0.1, -0.05) is 91.0 Å². The third kappa shape index (κ3) is 4.85. The summed E-state index contributed by atoms with van der Waals surface area (Å²) in [7, 11) is -0.750. The van der Waals surface area contributed by atoms with Gasteiger partial charge in [0.05, 0.1) is 0 Å². The molecule has 0 bridgehead atoms. The average molecular weight is 355 g/mol. The molecular weight excluding hydrogens is 337 g/mol. The number of hydrogen-bond donors (Lipinski definition) is 2. The second kappa shape index (κ2) is 9.38. The molecule has 4 aromatic rings. The summed E-state index contributed by atoms with van der Waals surface area (Å²) in [6.07, 6.45) is 0. The number of rotatable bonds is 3. The molecule has 132 valence electrons. The van der Waals surface area contributed by atoms with Crippen molar-refractivity contribution in [3.63, 3.8) is 0 Å². The van der Waals surface area contributed by atoms with Crippen molar-refractivity contribution in [2.24, 2.45) is 0 Å². The molecule has 0 saturated heterocycles. The van der Waals surface area contributed by atoms with Gasteiger partial charge >= 0.3 is 7.69 Å². The van der Waals surface area contributed by atoms with Crippen LogP contribution in [-0.4, -0.2) is 32.7 Å². The fraction of sp³-hybridized carbons (Fsp3) is 0. The van der Waals surface area contributed by atoms with Gasteiger partial charge < -0.3 is 10.0 Å². The Bertz CT molecular complexity index is 829. The highest BCUT2D eigenvalue weighted by molar-refractivity contribution is 6.13. The van der Waals surface area contributed by atoms with E-state index in [0.717, 1.165) is 16.7 Å². The molecule has 0 aliphatic rings. The van der Waals surface area contributed by atoms with Gasteiger partial charge in [0, 0.05) is 16.7 Å². The van der Waals surface area contributed by atoms with E-state index in [1.165, 1.54) is 0 Å². The van der Waals surface area contributed by atoms with Crippen molar-refractivity contribution >= 4 is 7.69 Å². The largest absolute Gasteiger partial charge is 0.432 e. The second-order valence-electron chi connectivity index (χ2n) is 5.55. The summed E-state index contributed by atoms with van der Waals surface area (Å²) in [4.78, 5) is 14.0. The topological polar surface area (TPSA) is 79.1 Å². The summed E-state index contributed by atoms with van der Waals surface area (Å²) in [6, 6.07) is 30.0. The summed E-state index contributed by atoms with van der Waals surface area (Å²) in [5.74, 6) is 2.05. The van der Waals surface area contributed by atoms with Crippen molar-refractivity contribution in [2.75, 3.05) is 0 Å². The maximum atomic E-state index is 7.12. The molecule has 1 heterocycles. The van der Waals surface area contributed by atoms with E-state index < -0.39 is 7.69 Å². The molecule has 0 spiro atoms. The predicted molar refractivity (Wildman–Crippen MR) is 108 cm³/mol. The van der Waals surface area contributed by atoms with Crippen molar-refractivity contribution in [1.29, 1.82) is 0 Å². The SMILES string of the molecule is OBO.c1ccc(-c2nc(-c3ccccc3)nc(-c3ccccc3)n2)cc1. The third-order valence-electron chi connectivity index (χ3n) is 3.73. The monoisotopic (exact) mass is 355 g/mol. The maximum absolute atomic E-state index is 7.12. The van der Waals surface area contributed by atoms with Crippen molar-refractivity contribution in [1.82, 2.24) is 15.0 Å². The first-order valence-corrected chi connectivity index (χ1v) is 8.46. The van der Waals surface area contributed by atoms with E-state index in [-0.39, 0.29) is 0 Å². The molecule has 0 unspecified atom stereocenters. The van der Waals surface area contributed by atoms with Crippen molar-refractivity contribution in [2.45, 2.75) is 0 Å². The van der Waals surface area contributed by atoms with Gasteiger partial charge in [0.2, 0.25) is 0 Å². The number of benzene rings is 3. The highest BCUT2D eigenvalue weighted by atomic mass is 16.4. The van der Waals surface area contributed by atoms with Crippen LogP contribution in [0.15, 0.2) is 91.0 Å². The molecule has 4 rings (SSSR count). The van der Waals surface area contributed by atoms with E-state index in [9.17, 15) is 0 Å². The Morgan fingerprint density at radius 1 is 0.444 bits per heavy atom. The zero-order valence-electron chi connectivity index (χ0n) is 14.6. The van der Waals surface area contributed by atoms with E-state index in [1.54, 1.807) is 0 Å². The highest BCUT2D eigenvalue weighted by Gasteiger charge is 2.11. The van der Waals surface area contributed by atoms with Crippen molar-refractivity contribution in [3.8, 4) is 34.2 Å². The lowest BCUT2D eigenvalue weighted by Gasteiger charge is -2.08. The predicted octanol–water partition coefficient (Wildman–Crippen LogP) is 3.11. The summed E-state index contributed by atoms with van der Waals surface area (Å²) >= 11 is 0. The lowest BCUT2D eigenvalue weighted by molar-refractivity contribution is 0.448. The van der Waals surface area contributed by atoms with Gasteiger partial charge in [0.1, 0.15) is 0 Å². The lowest BCUT2D eigenvalue weighted by Crippen LogP contribution is -1.99. The molecule has 0 amide bonds. The molecule has 0 fully saturated rings. The zero-order valence-corrected chi connectivity index (χ0v) is 14.6. The van der Waals surface area contributed by atoms with Gasteiger partial charge in [-0.25, -0.2) is 15.0 Å². The highest BCUT2D eigenvalue weighted by Crippen LogP contribution is 2.24. The Morgan fingerprint density at radius 2 is 0.667 bits per heavy atom. The minimum atomic E-state index is -0.750. The van der Waals surface area contributed by atoms with E-state index in [2.05, 4.69) is 15.0 Å². The van der Waals surface area contributed by atoms with E-state index >= 15 is 0 Å².